The summed E-state index contributed by atoms with van der Waals surface area (Å²) < 4.78 is 47.2. The number of sulfonamides is 1. The monoisotopic (exact) mass is 483 g/mol. The van der Waals surface area contributed by atoms with E-state index in [1.807, 2.05) is 31.2 Å². The minimum absolute atomic E-state index is 0.00165. The predicted molar refractivity (Wildman–Crippen MR) is 128 cm³/mol. The van der Waals surface area contributed by atoms with E-state index < -0.39 is 21.8 Å². The van der Waals surface area contributed by atoms with Crippen molar-refractivity contribution in [2.45, 2.75) is 31.6 Å². The molecule has 9 heteroatoms. The highest BCUT2D eigenvalue weighted by molar-refractivity contribution is 7.89. The van der Waals surface area contributed by atoms with E-state index in [4.69, 9.17) is 11.3 Å². The number of carbonyl (C=O) groups excluding carboxylic acids is 1. The second-order valence-corrected chi connectivity index (χ2v) is 9.33. The molecule has 7 nitrogen and oxygen atoms in total. The van der Waals surface area contributed by atoms with Crippen LogP contribution in [0.5, 0.6) is 0 Å². The van der Waals surface area contributed by atoms with Gasteiger partial charge in [-0.2, -0.15) is 0 Å². The Morgan fingerprint density at radius 3 is 2.32 bits per heavy atom. The molecule has 34 heavy (non-hydrogen) atoms. The molecule has 2 aromatic carbocycles. The Kier molecular flexibility index (Phi) is 7.87. The lowest BCUT2D eigenvalue weighted by Crippen LogP contribution is -2.26. The van der Waals surface area contributed by atoms with Gasteiger partial charge in [-0.1, -0.05) is 31.2 Å². The lowest BCUT2D eigenvalue weighted by atomic mass is 10.0. The van der Waals surface area contributed by atoms with Crippen LogP contribution in [0.25, 0.3) is 16.0 Å². The first-order valence-electron chi connectivity index (χ1n) is 10.8. The summed E-state index contributed by atoms with van der Waals surface area (Å²) in [4.78, 5) is 16.4. The molecule has 1 N–H and O–H groups in total. The third-order valence-electron chi connectivity index (χ3n) is 5.48. The molecule has 0 spiro atoms. The standard InChI is InChI=1S/C25H26FN3O4S/c1-5-21-23(27-3)22(24(29(21)4)25(30)33-6-2)18-9-7-17(8-10-18)15-16-28-34(31,32)20-13-11-19(26)12-14-20/h7-14,28H,5-6,15-16H2,1-2,4H3. The van der Waals surface area contributed by atoms with E-state index >= 15 is 0 Å². The Hall–Kier alpha value is -3.48. The number of benzene rings is 2. The van der Waals surface area contributed by atoms with Gasteiger partial charge >= 0.3 is 5.97 Å². The number of ether oxygens (including phenoxy) is 1. The zero-order chi connectivity index (χ0) is 24.9. The van der Waals surface area contributed by atoms with Crippen LogP contribution in [0.2, 0.25) is 0 Å². The van der Waals surface area contributed by atoms with Crippen molar-refractivity contribution in [2.24, 2.45) is 7.05 Å². The van der Waals surface area contributed by atoms with E-state index in [2.05, 4.69) is 9.57 Å². The van der Waals surface area contributed by atoms with Gasteiger partial charge in [-0.05, 0) is 55.2 Å². The van der Waals surface area contributed by atoms with Gasteiger partial charge in [-0.15, -0.1) is 0 Å². The topological polar surface area (TPSA) is 81.8 Å². The van der Waals surface area contributed by atoms with E-state index in [9.17, 15) is 17.6 Å². The van der Waals surface area contributed by atoms with Crippen LogP contribution in [0.4, 0.5) is 10.1 Å². The maximum Gasteiger partial charge on any atom is 0.354 e. The molecule has 0 unspecified atom stereocenters. The molecule has 1 heterocycles. The van der Waals surface area contributed by atoms with E-state index in [-0.39, 0.29) is 18.0 Å². The van der Waals surface area contributed by atoms with Crippen LogP contribution in [0.15, 0.2) is 53.4 Å². The van der Waals surface area contributed by atoms with Crippen molar-refractivity contribution in [3.8, 4) is 11.1 Å². The van der Waals surface area contributed by atoms with Crippen molar-refractivity contribution in [1.29, 1.82) is 0 Å². The van der Waals surface area contributed by atoms with E-state index in [1.165, 1.54) is 12.1 Å². The highest BCUT2D eigenvalue weighted by Gasteiger charge is 2.26. The van der Waals surface area contributed by atoms with E-state index in [0.717, 1.165) is 23.4 Å². The molecule has 0 radical (unpaired) electrons. The zero-order valence-corrected chi connectivity index (χ0v) is 20.1. The van der Waals surface area contributed by atoms with Crippen LogP contribution in [0.1, 0.15) is 35.6 Å². The maximum absolute atomic E-state index is 13.0. The molecule has 0 aliphatic carbocycles. The first kappa shape index (κ1) is 25.1. The molecule has 3 aromatic rings. The number of halogens is 1. The van der Waals surface area contributed by atoms with Gasteiger partial charge in [0.2, 0.25) is 15.7 Å². The molecule has 0 atom stereocenters. The van der Waals surface area contributed by atoms with Gasteiger partial charge in [0.15, 0.2) is 0 Å². The van der Waals surface area contributed by atoms with Gasteiger partial charge in [0.05, 0.1) is 18.1 Å². The quantitative estimate of drug-likeness (QED) is 0.355. The lowest BCUT2D eigenvalue weighted by molar-refractivity contribution is 0.0516. The Morgan fingerprint density at radius 1 is 1.12 bits per heavy atom. The molecule has 0 fully saturated rings. The molecule has 0 saturated heterocycles. The highest BCUT2D eigenvalue weighted by atomic mass is 32.2. The molecule has 0 aliphatic rings. The fraction of sp³-hybridized carbons (Fsp3) is 0.280. The number of aromatic nitrogens is 1. The summed E-state index contributed by atoms with van der Waals surface area (Å²) in [5.74, 6) is -0.986. The van der Waals surface area contributed by atoms with Crippen LogP contribution in [-0.4, -0.2) is 32.1 Å². The normalized spacial score (nSPS) is 11.3. The van der Waals surface area contributed by atoms with Crippen molar-refractivity contribution in [3.05, 3.63) is 82.7 Å². The average molecular weight is 484 g/mol. The lowest BCUT2D eigenvalue weighted by Gasteiger charge is -2.10. The third kappa shape index (κ3) is 5.19. The largest absolute Gasteiger partial charge is 0.461 e. The van der Waals surface area contributed by atoms with Crippen molar-refractivity contribution >= 4 is 21.7 Å². The fourth-order valence-corrected chi connectivity index (χ4v) is 4.85. The van der Waals surface area contributed by atoms with Gasteiger partial charge in [0.1, 0.15) is 11.5 Å². The Morgan fingerprint density at radius 2 is 1.76 bits per heavy atom. The minimum atomic E-state index is -3.74. The second kappa shape index (κ2) is 10.6. The van der Waals surface area contributed by atoms with Crippen LogP contribution < -0.4 is 4.72 Å². The molecule has 3 rings (SSSR count). The van der Waals surface area contributed by atoms with Crippen LogP contribution >= 0.6 is 0 Å². The number of nitrogens with zero attached hydrogens (tertiary/aromatic N) is 2. The molecule has 1 aromatic heterocycles. The zero-order valence-electron chi connectivity index (χ0n) is 19.3. The summed E-state index contributed by atoms with van der Waals surface area (Å²) >= 11 is 0. The summed E-state index contributed by atoms with van der Waals surface area (Å²) in [5.41, 5.74) is 3.64. The minimum Gasteiger partial charge on any atom is -0.461 e. The molecule has 0 bridgehead atoms. The summed E-state index contributed by atoms with van der Waals surface area (Å²) in [6.45, 7) is 11.7. The van der Waals surface area contributed by atoms with Gasteiger partial charge < -0.3 is 9.30 Å². The van der Waals surface area contributed by atoms with Crippen molar-refractivity contribution in [3.63, 3.8) is 0 Å². The number of esters is 1. The van der Waals surface area contributed by atoms with E-state index in [0.29, 0.717) is 35.3 Å². The SMILES string of the molecule is [C-]#[N+]c1c(-c2ccc(CCNS(=O)(=O)c3ccc(F)cc3)cc2)c(C(=O)OCC)n(C)c1CC. The van der Waals surface area contributed by atoms with E-state index in [1.54, 1.807) is 18.5 Å². The number of hydrogen-bond acceptors (Lipinski definition) is 4. The summed E-state index contributed by atoms with van der Waals surface area (Å²) in [7, 11) is -1.98. The van der Waals surface area contributed by atoms with Gasteiger partial charge in [0.25, 0.3) is 0 Å². The summed E-state index contributed by atoms with van der Waals surface area (Å²) in [6, 6.07) is 11.9. The molecule has 0 amide bonds. The number of rotatable bonds is 9. The number of hydrogen-bond donors (Lipinski definition) is 1. The van der Waals surface area contributed by atoms with Gasteiger partial charge in [-0.25, -0.2) is 27.2 Å². The van der Waals surface area contributed by atoms with Crippen LogP contribution in [-0.2, 0) is 34.6 Å². The number of nitrogens with one attached hydrogen (secondary N) is 1. The van der Waals surface area contributed by atoms with Gasteiger partial charge in [-0.3, -0.25) is 0 Å². The highest BCUT2D eigenvalue weighted by Crippen LogP contribution is 2.39. The maximum atomic E-state index is 13.0. The third-order valence-corrected chi connectivity index (χ3v) is 6.95. The Bertz CT molecular complexity index is 1320. The summed E-state index contributed by atoms with van der Waals surface area (Å²) in [6.07, 6.45) is 1.02. The van der Waals surface area contributed by atoms with Crippen molar-refractivity contribution < 1.29 is 22.3 Å². The first-order valence-corrected chi connectivity index (χ1v) is 12.3. The van der Waals surface area contributed by atoms with Crippen LogP contribution in [0, 0.1) is 12.4 Å². The molecular formula is C25H26FN3O4S. The molecule has 0 saturated carbocycles. The molecule has 178 valence electrons. The smallest absolute Gasteiger partial charge is 0.354 e. The van der Waals surface area contributed by atoms with Crippen molar-refractivity contribution in [1.82, 2.24) is 9.29 Å². The molecular weight excluding hydrogens is 457 g/mol. The number of carbonyl (C=O) groups is 1. The molecule has 0 aliphatic heterocycles. The predicted octanol–water partition coefficient (Wildman–Crippen LogP) is 4.64. The Labute approximate surface area is 199 Å². The first-order chi connectivity index (χ1) is 16.2. The fourth-order valence-electron chi connectivity index (χ4n) is 3.82. The van der Waals surface area contributed by atoms with Crippen molar-refractivity contribution in [2.75, 3.05) is 13.2 Å². The Balaban J connectivity index is 1.81. The second-order valence-electron chi connectivity index (χ2n) is 7.56. The van der Waals surface area contributed by atoms with Gasteiger partial charge in [0, 0.05) is 24.8 Å². The summed E-state index contributed by atoms with van der Waals surface area (Å²) in [5, 5.41) is 0. The average Bonchev–Trinajstić information content (AvgIpc) is 3.11. The van der Waals surface area contributed by atoms with Crippen LogP contribution in [0.3, 0.4) is 0 Å².